The number of nitrogens with zero attached hydrogens (tertiary/aromatic N) is 2. The molecule has 8 nitrogen and oxygen atoms in total. The highest BCUT2D eigenvalue weighted by atomic mass is 32.2. The maximum Gasteiger partial charge on any atom is 0.416 e. The molecule has 0 spiro atoms. The van der Waals surface area contributed by atoms with Crippen molar-refractivity contribution < 1.29 is 39.7 Å². The van der Waals surface area contributed by atoms with Crippen molar-refractivity contribution in [2.45, 2.75) is 17.2 Å². The number of halogens is 6. The SMILES string of the molecule is O=[N+]([O-])c1ccc(NCCNS(=O)(=O)c2cc(C(F)(F)F)cc(C(F)(F)F)c2)nc1. The molecular weight excluding hydrogens is 446 g/mol. The van der Waals surface area contributed by atoms with Crippen molar-refractivity contribution in [2.75, 3.05) is 18.4 Å². The predicted molar refractivity (Wildman–Crippen MR) is 91.0 cm³/mol. The molecule has 0 aliphatic heterocycles. The Bertz CT molecular complexity index is 991. The highest BCUT2D eigenvalue weighted by molar-refractivity contribution is 7.89. The Morgan fingerprint density at radius 3 is 1.97 bits per heavy atom. The minimum Gasteiger partial charge on any atom is -0.369 e. The molecule has 0 aliphatic rings. The van der Waals surface area contributed by atoms with Crippen molar-refractivity contribution in [3.63, 3.8) is 0 Å². The summed E-state index contributed by atoms with van der Waals surface area (Å²) in [5.74, 6) is 0.137. The molecule has 0 amide bonds. The number of hydrogen-bond acceptors (Lipinski definition) is 6. The van der Waals surface area contributed by atoms with E-state index in [2.05, 4.69) is 10.3 Å². The number of benzene rings is 1. The van der Waals surface area contributed by atoms with E-state index in [0.717, 1.165) is 12.3 Å². The third kappa shape index (κ3) is 6.03. The van der Waals surface area contributed by atoms with Crippen LogP contribution in [-0.4, -0.2) is 31.4 Å². The van der Waals surface area contributed by atoms with Crippen LogP contribution >= 0.6 is 0 Å². The molecule has 0 radical (unpaired) electrons. The van der Waals surface area contributed by atoms with Crippen LogP contribution in [0.2, 0.25) is 0 Å². The average Bonchev–Trinajstić information content (AvgIpc) is 2.64. The smallest absolute Gasteiger partial charge is 0.369 e. The summed E-state index contributed by atoms with van der Waals surface area (Å²) in [5, 5.41) is 13.1. The molecule has 0 bridgehead atoms. The summed E-state index contributed by atoms with van der Waals surface area (Å²) in [6.07, 6.45) is -9.43. The first-order chi connectivity index (χ1) is 13.7. The lowest BCUT2D eigenvalue weighted by Gasteiger charge is -2.15. The second-order valence-electron chi connectivity index (χ2n) is 5.72. The Labute approximate surface area is 165 Å². The van der Waals surface area contributed by atoms with Gasteiger partial charge in [-0.2, -0.15) is 26.3 Å². The quantitative estimate of drug-likeness (QED) is 0.285. The van der Waals surface area contributed by atoms with E-state index in [1.165, 1.54) is 6.07 Å². The molecule has 1 heterocycles. The number of nitro groups is 1. The van der Waals surface area contributed by atoms with Crippen LogP contribution < -0.4 is 10.0 Å². The number of rotatable bonds is 7. The van der Waals surface area contributed by atoms with Gasteiger partial charge in [-0.25, -0.2) is 18.1 Å². The molecule has 1 aromatic carbocycles. The number of alkyl halides is 6. The first-order valence-corrected chi connectivity index (χ1v) is 9.32. The molecule has 164 valence electrons. The Morgan fingerprint density at radius 1 is 0.967 bits per heavy atom. The fourth-order valence-corrected chi connectivity index (χ4v) is 3.24. The molecule has 0 unspecified atom stereocenters. The maximum atomic E-state index is 12.9. The fraction of sp³-hybridized carbons (Fsp3) is 0.267. The van der Waals surface area contributed by atoms with Gasteiger partial charge in [-0.1, -0.05) is 0 Å². The molecule has 0 aliphatic carbocycles. The number of nitrogens with one attached hydrogen (secondary N) is 2. The molecule has 0 fully saturated rings. The van der Waals surface area contributed by atoms with Crippen LogP contribution in [0.4, 0.5) is 37.8 Å². The topological polar surface area (TPSA) is 114 Å². The van der Waals surface area contributed by atoms with Crippen LogP contribution in [0.5, 0.6) is 0 Å². The monoisotopic (exact) mass is 458 g/mol. The number of aromatic nitrogens is 1. The van der Waals surface area contributed by atoms with Gasteiger partial charge in [-0.15, -0.1) is 0 Å². The van der Waals surface area contributed by atoms with Crippen molar-refractivity contribution in [1.29, 1.82) is 0 Å². The van der Waals surface area contributed by atoms with Gasteiger partial charge in [0.15, 0.2) is 0 Å². The van der Waals surface area contributed by atoms with E-state index in [9.17, 15) is 44.9 Å². The van der Waals surface area contributed by atoms with E-state index in [1.54, 1.807) is 0 Å². The van der Waals surface area contributed by atoms with Gasteiger partial charge in [0.2, 0.25) is 10.0 Å². The summed E-state index contributed by atoms with van der Waals surface area (Å²) >= 11 is 0. The lowest BCUT2D eigenvalue weighted by Crippen LogP contribution is -2.29. The third-order valence-electron chi connectivity index (χ3n) is 3.55. The normalized spacial score (nSPS) is 12.6. The molecule has 0 saturated heterocycles. The van der Waals surface area contributed by atoms with Gasteiger partial charge in [0.25, 0.3) is 5.69 Å². The Morgan fingerprint density at radius 2 is 1.53 bits per heavy atom. The van der Waals surface area contributed by atoms with Gasteiger partial charge in [0, 0.05) is 19.2 Å². The van der Waals surface area contributed by atoms with E-state index < -0.39 is 49.9 Å². The van der Waals surface area contributed by atoms with Crippen molar-refractivity contribution in [1.82, 2.24) is 9.71 Å². The minimum atomic E-state index is -5.19. The standard InChI is InChI=1S/C15H12F6N4O4S/c16-14(17,18)9-5-10(15(19,20)21)7-12(6-9)30(28,29)24-4-3-22-13-2-1-11(8-23-13)25(26)27/h1-2,5-8,24H,3-4H2,(H,22,23). The van der Waals surface area contributed by atoms with Crippen LogP contribution in [-0.2, 0) is 22.4 Å². The average molecular weight is 458 g/mol. The Hall–Kier alpha value is -2.94. The zero-order valence-electron chi connectivity index (χ0n) is 14.6. The predicted octanol–water partition coefficient (Wildman–Crippen LogP) is 3.42. The van der Waals surface area contributed by atoms with Crippen molar-refractivity contribution in [2.24, 2.45) is 0 Å². The molecule has 2 N–H and O–H groups in total. The maximum absolute atomic E-state index is 12.9. The van der Waals surface area contributed by atoms with Crippen LogP contribution in [0.25, 0.3) is 0 Å². The Balaban J connectivity index is 2.12. The lowest BCUT2D eigenvalue weighted by molar-refractivity contribution is -0.385. The van der Waals surface area contributed by atoms with Gasteiger partial charge in [-0.3, -0.25) is 10.1 Å². The summed E-state index contributed by atoms with van der Waals surface area (Å²) < 4.78 is 103. The minimum absolute atomic E-state index is 0.100. The van der Waals surface area contributed by atoms with E-state index >= 15 is 0 Å². The van der Waals surface area contributed by atoms with Crippen LogP contribution in [0, 0.1) is 10.1 Å². The largest absolute Gasteiger partial charge is 0.416 e. The van der Waals surface area contributed by atoms with Gasteiger partial charge < -0.3 is 5.32 Å². The van der Waals surface area contributed by atoms with Gasteiger partial charge in [0.1, 0.15) is 12.0 Å². The molecule has 2 aromatic rings. The molecule has 0 saturated carbocycles. The zero-order valence-corrected chi connectivity index (χ0v) is 15.4. The highest BCUT2D eigenvalue weighted by Crippen LogP contribution is 2.37. The lowest BCUT2D eigenvalue weighted by atomic mass is 10.1. The number of pyridine rings is 1. The summed E-state index contributed by atoms with van der Waals surface area (Å²) in [6.45, 7) is -0.576. The summed E-state index contributed by atoms with van der Waals surface area (Å²) in [5.41, 5.74) is -3.80. The first-order valence-electron chi connectivity index (χ1n) is 7.83. The summed E-state index contributed by atoms with van der Waals surface area (Å²) in [7, 11) is -4.70. The van der Waals surface area contributed by atoms with Gasteiger partial charge in [-0.05, 0) is 24.3 Å². The number of anilines is 1. The van der Waals surface area contributed by atoms with Gasteiger partial charge in [0.05, 0.1) is 20.9 Å². The highest BCUT2D eigenvalue weighted by Gasteiger charge is 2.38. The van der Waals surface area contributed by atoms with E-state index in [-0.39, 0.29) is 36.2 Å². The van der Waals surface area contributed by atoms with Crippen LogP contribution in [0.3, 0.4) is 0 Å². The van der Waals surface area contributed by atoms with E-state index in [4.69, 9.17) is 0 Å². The second-order valence-corrected chi connectivity index (χ2v) is 7.49. The molecule has 15 heteroatoms. The van der Waals surface area contributed by atoms with Crippen molar-refractivity contribution in [3.8, 4) is 0 Å². The number of hydrogen-bond donors (Lipinski definition) is 2. The Kier molecular flexibility index (Phi) is 6.56. The van der Waals surface area contributed by atoms with Gasteiger partial charge >= 0.3 is 12.4 Å². The van der Waals surface area contributed by atoms with Crippen LogP contribution in [0.1, 0.15) is 11.1 Å². The zero-order chi connectivity index (χ0) is 22.7. The molecular formula is C15H12F6N4O4S. The second kappa shape index (κ2) is 8.43. The molecule has 2 rings (SSSR count). The first kappa shape index (κ1) is 23.3. The third-order valence-corrected chi connectivity index (χ3v) is 4.99. The van der Waals surface area contributed by atoms with Crippen molar-refractivity contribution >= 4 is 21.5 Å². The van der Waals surface area contributed by atoms with E-state index in [1.807, 2.05) is 4.72 Å². The molecule has 30 heavy (non-hydrogen) atoms. The fourth-order valence-electron chi connectivity index (χ4n) is 2.14. The summed E-state index contributed by atoms with van der Waals surface area (Å²) in [4.78, 5) is 12.3. The molecule has 1 aromatic heterocycles. The number of sulfonamides is 1. The van der Waals surface area contributed by atoms with Crippen LogP contribution in [0.15, 0.2) is 41.4 Å². The summed E-state index contributed by atoms with van der Waals surface area (Å²) in [6, 6.07) is 2.38. The van der Waals surface area contributed by atoms with E-state index in [0.29, 0.717) is 0 Å². The molecule has 0 atom stereocenters. The van der Waals surface area contributed by atoms with Crippen molar-refractivity contribution in [3.05, 3.63) is 57.8 Å².